The Morgan fingerprint density at radius 1 is 1.38 bits per heavy atom. The number of hydrogen-bond donors (Lipinski definition) is 1. The summed E-state index contributed by atoms with van der Waals surface area (Å²) >= 11 is 3.12. The molecule has 0 aliphatic heterocycles. The molecular weight excluding hydrogens is 287 g/mol. The van der Waals surface area contributed by atoms with Gasteiger partial charge in [0.1, 0.15) is 5.75 Å². The fraction of sp³-hybridized carbons (Fsp3) is 0.400. The molecule has 90 valence electrons. The SMILES string of the molecule is CC[C@@H](N)c1cc(Br)cc(OC(F)(F)F)c1. The topological polar surface area (TPSA) is 35.2 Å². The molecule has 0 bridgehead atoms. The average Bonchev–Trinajstić information content (AvgIpc) is 2.12. The third-order valence-electron chi connectivity index (χ3n) is 2.00. The van der Waals surface area contributed by atoms with E-state index in [1.165, 1.54) is 12.1 Å². The molecule has 16 heavy (non-hydrogen) atoms. The van der Waals surface area contributed by atoms with Crippen LogP contribution in [0.1, 0.15) is 24.9 Å². The van der Waals surface area contributed by atoms with E-state index in [0.717, 1.165) is 0 Å². The van der Waals surface area contributed by atoms with Crippen molar-refractivity contribution in [2.75, 3.05) is 0 Å². The molecule has 0 spiro atoms. The van der Waals surface area contributed by atoms with Crippen molar-refractivity contribution in [3.05, 3.63) is 28.2 Å². The Morgan fingerprint density at radius 3 is 2.50 bits per heavy atom. The van der Waals surface area contributed by atoms with E-state index in [1.807, 2.05) is 6.92 Å². The van der Waals surface area contributed by atoms with E-state index in [1.54, 1.807) is 6.07 Å². The quantitative estimate of drug-likeness (QED) is 0.922. The third kappa shape index (κ3) is 4.02. The molecule has 6 heteroatoms. The lowest BCUT2D eigenvalue weighted by atomic mass is 10.1. The average molecular weight is 298 g/mol. The molecule has 0 aliphatic carbocycles. The summed E-state index contributed by atoms with van der Waals surface area (Å²) in [5.74, 6) is -0.263. The minimum atomic E-state index is -4.69. The zero-order valence-electron chi connectivity index (χ0n) is 8.51. The van der Waals surface area contributed by atoms with Crippen LogP contribution in [0.3, 0.4) is 0 Å². The summed E-state index contributed by atoms with van der Waals surface area (Å²) in [5, 5.41) is 0. The highest BCUT2D eigenvalue weighted by molar-refractivity contribution is 9.10. The fourth-order valence-electron chi connectivity index (χ4n) is 1.23. The van der Waals surface area contributed by atoms with Gasteiger partial charge in [-0.05, 0) is 30.2 Å². The number of halogens is 4. The molecule has 1 atom stereocenters. The highest BCUT2D eigenvalue weighted by atomic mass is 79.9. The Balaban J connectivity index is 2.99. The molecule has 0 fully saturated rings. The van der Waals surface area contributed by atoms with Gasteiger partial charge in [0.15, 0.2) is 0 Å². The summed E-state index contributed by atoms with van der Waals surface area (Å²) in [6.45, 7) is 1.86. The Labute approximate surface area is 99.7 Å². The third-order valence-corrected chi connectivity index (χ3v) is 2.45. The number of rotatable bonds is 3. The van der Waals surface area contributed by atoms with Gasteiger partial charge >= 0.3 is 6.36 Å². The van der Waals surface area contributed by atoms with E-state index in [0.29, 0.717) is 16.5 Å². The van der Waals surface area contributed by atoms with E-state index in [2.05, 4.69) is 20.7 Å². The van der Waals surface area contributed by atoms with Gasteiger partial charge in [0.2, 0.25) is 0 Å². The standard InChI is InChI=1S/C10H11BrF3NO/c1-2-9(15)6-3-7(11)5-8(4-6)16-10(12,13)14/h3-5,9H,2,15H2,1H3/t9-/m1/s1. The van der Waals surface area contributed by atoms with Gasteiger partial charge in [0.05, 0.1) is 0 Å². The smallest absolute Gasteiger partial charge is 0.406 e. The molecule has 2 nitrogen and oxygen atoms in total. The Hall–Kier alpha value is -0.750. The zero-order valence-corrected chi connectivity index (χ0v) is 10.1. The second-order valence-electron chi connectivity index (χ2n) is 3.28. The maximum absolute atomic E-state index is 12.0. The van der Waals surface area contributed by atoms with Gasteiger partial charge in [-0.25, -0.2) is 0 Å². The van der Waals surface area contributed by atoms with Crippen molar-refractivity contribution >= 4 is 15.9 Å². The van der Waals surface area contributed by atoms with Crippen LogP contribution in [0.2, 0.25) is 0 Å². The number of benzene rings is 1. The monoisotopic (exact) mass is 297 g/mol. The second-order valence-corrected chi connectivity index (χ2v) is 4.20. The lowest BCUT2D eigenvalue weighted by Gasteiger charge is -2.14. The number of nitrogens with two attached hydrogens (primary N) is 1. The molecule has 1 aromatic rings. The molecule has 0 aromatic heterocycles. The van der Waals surface area contributed by atoms with Crippen molar-refractivity contribution in [3.8, 4) is 5.75 Å². The highest BCUT2D eigenvalue weighted by Gasteiger charge is 2.31. The van der Waals surface area contributed by atoms with Crippen LogP contribution in [0.4, 0.5) is 13.2 Å². The van der Waals surface area contributed by atoms with Gasteiger partial charge in [-0.3, -0.25) is 0 Å². The van der Waals surface area contributed by atoms with Crippen LogP contribution in [0, 0.1) is 0 Å². The van der Waals surface area contributed by atoms with Gasteiger partial charge < -0.3 is 10.5 Å². The minimum absolute atomic E-state index is 0.263. The number of alkyl halides is 3. The van der Waals surface area contributed by atoms with Gasteiger partial charge in [0, 0.05) is 10.5 Å². The van der Waals surface area contributed by atoms with Crippen molar-refractivity contribution in [2.24, 2.45) is 5.73 Å². The number of ether oxygens (including phenoxy) is 1. The van der Waals surface area contributed by atoms with E-state index in [9.17, 15) is 13.2 Å². The first-order chi connectivity index (χ1) is 7.31. The summed E-state index contributed by atoms with van der Waals surface area (Å²) in [5.41, 5.74) is 6.35. The summed E-state index contributed by atoms with van der Waals surface area (Å²) in [6.07, 6.45) is -4.05. The lowest BCUT2D eigenvalue weighted by molar-refractivity contribution is -0.274. The van der Waals surface area contributed by atoms with Crippen molar-refractivity contribution in [3.63, 3.8) is 0 Å². The zero-order chi connectivity index (χ0) is 12.3. The van der Waals surface area contributed by atoms with Crippen LogP contribution in [0.25, 0.3) is 0 Å². The van der Waals surface area contributed by atoms with Crippen LogP contribution in [0.5, 0.6) is 5.75 Å². The van der Waals surface area contributed by atoms with Gasteiger partial charge in [-0.15, -0.1) is 13.2 Å². The fourth-order valence-corrected chi connectivity index (χ4v) is 1.72. The molecule has 0 aliphatic rings. The Bertz CT molecular complexity index is 368. The van der Waals surface area contributed by atoms with Crippen molar-refractivity contribution in [1.29, 1.82) is 0 Å². The van der Waals surface area contributed by atoms with Crippen LogP contribution >= 0.6 is 15.9 Å². The van der Waals surface area contributed by atoms with E-state index >= 15 is 0 Å². The highest BCUT2D eigenvalue weighted by Crippen LogP contribution is 2.29. The predicted octanol–water partition coefficient (Wildman–Crippen LogP) is 3.76. The summed E-state index contributed by atoms with van der Waals surface area (Å²) in [6, 6.07) is 3.93. The normalized spacial score (nSPS) is 13.6. The van der Waals surface area contributed by atoms with Gasteiger partial charge in [-0.2, -0.15) is 0 Å². The molecule has 2 N–H and O–H groups in total. The molecular formula is C10H11BrF3NO. The molecule has 1 aromatic carbocycles. The first-order valence-corrected chi connectivity index (χ1v) is 5.43. The molecule has 0 unspecified atom stereocenters. The van der Waals surface area contributed by atoms with Crippen molar-refractivity contribution in [2.45, 2.75) is 25.7 Å². The van der Waals surface area contributed by atoms with Gasteiger partial charge in [0.25, 0.3) is 0 Å². The lowest BCUT2D eigenvalue weighted by Crippen LogP contribution is -2.17. The Morgan fingerprint density at radius 2 is 2.00 bits per heavy atom. The van der Waals surface area contributed by atoms with E-state index < -0.39 is 6.36 Å². The van der Waals surface area contributed by atoms with Crippen LogP contribution < -0.4 is 10.5 Å². The van der Waals surface area contributed by atoms with E-state index in [4.69, 9.17) is 5.73 Å². The van der Waals surface area contributed by atoms with E-state index in [-0.39, 0.29) is 11.8 Å². The summed E-state index contributed by atoms with van der Waals surface area (Å²) < 4.78 is 40.4. The van der Waals surface area contributed by atoms with Crippen molar-refractivity contribution < 1.29 is 17.9 Å². The first kappa shape index (κ1) is 13.3. The summed E-state index contributed by atoms with van der Waals surface area (Å²) in [4.78, 5) is 0. The molecule has 0 heterocycles. The first-order valence-electron chi connectivity index (χ1n) is 4.63. The summed E-state index contributed by atoms with van der Waals surface area (Å²) in [7, 11) is 0. The minimum Gasteiger partial charge on any atom is -0.406 e. The molecule has 0 amide bonds. The predicted molar refractivity (Wildman–Crippen MR) is 58.0 cm³/mol. The Kier molecular flexibility index (Phi) is 4.21. The maximum atomic E-state index is 12.0. The number of hydrogen-bond acceptors (Lipinski definition) is 2. The van der Waals surface area contributed by atoms with Crippen LogP contribution in [0.15, 0.2) is 22.7 Å². The largest absolute Gasteiger partial charge is 0.573 e. The maximum Gasteiger partial charge on any atom is 0.573 e. The molecule has 1 rings (SSSR count). The van der Waals surface area contributed by atoms with Crippen LogP contribution in [-0.4, -0.2) is 6.36 Å². The van der Waals surface area contributed by atoms with Crippen molar-refractivity contribution in [1.82, 2.24) is 0 Å². The second kappa shape index (κ2) is 5.05. The van der Waals surface area contributed by atoms with Gasteiger partial charge in [-0.1, -0.05) is 22.9 Å². The molecule has 0 saturated carbocycles. The van der Waals surface area contributed by atoms with Crippen LogP contribution in [-0.2, 0) is 0 Å². The molecule has 0 radical (unpaired) electrons. The molecule has 0 saturated heterocycles.